The summed E-state index contributed by atoms with van der Waals surface area (Å²) < 4.78 is 11.7. The Morgan fingerprint density at radius 3 is 2.20 bits per heavy atom. The van der Waals surface area contributed by atoms with Crippen molar-refractivity contribution in [3.63, 3.8) is 0 Å². The van der Waals surface area contributed by atoms with Gasteiger partial charge in [-0.3, -0.25) is 0 Å². The lowest BCUT2D eigenvalue weighted by Gasteiger charge is -2.13. The molecule has 0 heterocycles. The van der Waals surface area contributed by atoms with Crippen LogP contribution in [0.15, 0.2) is 46.9 Å². The lowest BCUT2D eigenvalue weighted by atomic mass is 10.0. The number of alkyl halides is 1. The maximum absolute atomic E-state index is 5.33. The highest BCUT2D eigenvalue weighted by atomic mass is 79.9. The van der Waals surface area contributed by atoms with E-state index in [0.29, 0.717) is 0 Å². The SMILES string of the molecule is COc1ccc(CC(Br)c2ccc(Br)cc2)cc1OC. The predicted molar refractivity (Wildman–Crippen MR) is 89.1 cm³/mol. The van der Waals surface area contributed by atoms with Gasteiger partial charge >= 0.3 is 0 Å². The number of ether oxygens (including phenoxy) is 2. The zero-order chi connectivity index (χ0) is 14.5. The van der Waals surface area contributed by atoms with E-state index in [9.17, 15) is 0 Å². The zero-order valence-corrected chi connectivity index (χ0v) is 14.6. The minimum Gasteiger partial charge on any atom is -0.493 e. The van der Waals surface area contributed by atoms with Crippen molar-refractivity contribution in [1.29, 1.82) is 0 Å². The summed E-state index contributed by atoms with van der Waals surface area (Å²) in [6.45, 7) is 0. The molecule has 0 fully saturated rings. The topological polar surface area (TPSA) is 18.5 Å². The molecular formula is C16H16Br2O2. The van der Waals surface area contributed by atoms with Gasteiger partial charge in [0.1, 0.15) is 0 Å². The van der Waals surface area contributed by atoms with Crippen LogP contribution in [0.2, 0.25) is 0 Å². The number of methoxy groups -OCH3 is 2. The van der Waals surface area contributed by atoms with Crippen LogP contribution in [-0.2, 0) is 6.42 Å². The molecule has 2 rings (SSSR count). The van der Waals surface area contributed by atoms with Gasteiger partial charge in [-0.15, -0.1) is 0 Å². The average molecular weight is 400 g/mol. The molecule has 4 heteroatoms. The van der Waals surface area contributed by atoms with E-state index in [4.69, 9.17) is 9.47 Å². The second kappa shape index (κ2) is 7.14. The Morgan fingerprint density at radius 2 is 1.60 bits per heavy atom. The van der Waals surface area contributed by atoms with Gasteiger partial charge in [0.05, 0.1) is 14.2 Å². The van der Waals surface area contributed by atoms with Gasteiger partial charge in [0.2, 0.25) is 0 Å². The Hall–Kier alpha value is -1.00. The summed E-state index contributed by atoms with van der Waals surface area (Å²) >= 11 is 7.19. The standard InChI is InChI=1S/C16H16Br2O2/c1-19-15-8-3-11(10-16(15)20-2)9-14(18)12-4-6-13(17)7-5-12/h3-8,10,14H,9H2,1-2H3. The Labute approximate surface area is 136 Å². The summed E-state index contributed by atoms with van der Waals surface area (Å²) in [7, 11) is 3.30. The van der Waals surface area contributed by atoms with Gasteiger partial charge in [-0.1, -0.05) is 50.1 Å². The first-order valence-electron chi connectivity index (χ1n) is 6.24. The van der Waals surface area contributed by atoms with Gasteiger partial charge in [0, 0.05) is 9.30 Å². The van der Waals surface area contributed by atoms with Gasteiger partial charge in [-0.05, 0) is 41.8 Å². The number of hydrogen-bond acceptors (Lipinski definition) is 2. The first kappa shape index (κ1) is 15.4. The van der Waals surface area contributed by atoms with E-state index in [1.165, 1.54) is 11.1 Å². The van der Waals surface area contributed by atoms with Crippen molar-refractivity contribution in [2.24, 2.45) is 0 Å². The Bertz CT molecular complexity index is 567. The summed E-state index contributed by atoms with van der Waals surface area (Å²) in [6.07, 6.45) is 0.891. The van der Waals surface area contributed by atoms with Crippen LogP contribution in [0, 0.1) is 0 Å². The molecule has 2 aromatic rings. The van der Waals surface area contributed by atoms with E-state index < -0.39 is 0 Å². The quantitative estimate of drug-likeness (QED) is 0.647. The van der Waals surface area contributed by atoms with E-state index in [-0.39, 0.29) is 4.83 Å². The fraction of sp³-hybridized carbons (Fsp3) is 0.250. The van der Waals surface area contributed by atoms with Crippen LogP contribution in [0.25, 0.3) is 0 Å². The van der Waals surface area contributed by atoms with Crippen molar-refractivity contribution in [2.75, 3.05) is 14.2 Å². The molecule has 0 saturated carbocycles. The second-order valence-electron chi connectivity index (χ2n) is 4.41. The number of hydrogen-bond donors (Lipinski definition) is 0. The van der Waals surface area contributed by atoms with E-state index >= 15 is 0 Å². The highest BCUT2D eigenvalue weighted by molar-refractivity contribution is 9.10. The summed E-state index contributed by atoms with van der Waals surface area (Å²) in [5, 5.41) is 0. The van der Waals surface area contributed by atoms with Crippen LogP contribution in [0.3, 0.4) is 0 Å². The van der Waals surface area contributed by atoms with Gasteiger partial charge in [0.15, 0.2) is 11.5 Å². The molecule has 1 unspecified atom stereocenters. The summed E-state index contributed by atoms with van der Waals surface area (Å²) in [4.78, 5) is 0.272. The predicted octanol–water partition coefficient (Wildman–Crippen LogP) is 5.15. The maximum Gasteiger partial charge on any atom is 0.160 e. The first-order chi connectivity index (χ1) is 9.63. The van der Waals surface area contributed by atoms with Crippen LogP contribution in [0.1, 0.15) is 16.0 Å². The molecule has 0 aliphatic heterocycles. The smallest absolute Gasteiger partial charge is 0.160 e. The summed E-state index contributed by atoms with van der Waals surface area (Å²) in [6, 6.07) is 14.4. The molecule has 0 radical (unpaired) electrons. The van der Waals surface area contributed by atoms with Crippen LogP contribution in [-0.4, -0.2) is 14.2 Å². The maximum atomic E-state index is 5.33. The molecule has 0 aliphatic carbocycles. The lowest BCUT2D eigenvalue weighted by molar-refractivity contribution is 0.354. The van der Waals surface area contributed by atoms with Crippen molar-refractivity contribution < 1.29 is 9.47 Å². The van der Waals surface area contributed by atoms with E-state index in [0.717, 1.165) is 22.4 Å². The molecule has 2 nitrogen and oxygen atoms in total. The molecule has 0 aromatic heterocycles. The third-order valence-electron chi connectivity index (χ3n) is 3.09. The third-order valence-corrected chi connectivity index (χ3v) is 4.48. The fourth-order valence-corrected chi connectivity index (χ4v) is 2.95. The van der Waals surface area contributed by atoms with Crippen molar-refractivity contribution in [1.82, 2.24) is 0 Å². The van der Waals surface area contributed by atoms with Gasteiger partial charge in [-0.25, -0.2) is 0 Å². The highest BCUT2D eigenvalue weighted by Gasteiger charge is 2.11. The molecule has 0 amide bonds. The van der Waals surface area contributed by atoms with Crippen LogP contribution >= 0.6 is 31.9 Å². The van der Waals surface area contributed by atoms with Gasteiger partial charge < -0.3 is 9.47 Å². The van der Waals surface area contributed by atoms with Crippen molar-refractivity contribution >= 4 is 31.9 Å². The minimum atomic E-state index is 0.272. The molecule has 0 spiro atoms. The minimum absolute atomic E-state index is 0.272. The molecule has 0 bridgehead atoms. The van der Waals surface area contributed by atoms with E-state index in [1.54, 1.807) is 14.2 Å². The monoisotopic (exact) mass is 398 g/mol. The molecule has 0 N–H and O–H groups in total. The Balaban J connectivity index is 2.15. The zero-order valence-electron chi connectivity index (χ0n) is 11.4. The first-order valence-corrected chi connectivity index (χ1v) is 7.95. The normalized spacial score (nSPS) is 12.0. The molecular weight excluding hydrogens is 384 g/mol. The van der Waals surface area contributed by atoms with E-state index in [1.807, 2.05) is 12.1 Å². The molecule has 0 saturated heterocycles. The number of rotatable bonds is 5. The fourth-order valence-electron chi connectivity index (χ4n) is 2.00. The third kappa shape index (κ3) is 3.76. The molecule has 1 atom stereocenters. The molecule has 20 heavy (non-hydrogen) atoms. The van der Waals surface area contributed by atoms with Crippen LogP contribution in [0.5, 0.6) is 11.5 Å². The summed E-state index contributed by atoms with van der Waals surface area (Å²) in [5.41, 5.74) is 2.45. The molecule has 2 aromatic carbocycles. The van der Waals surface area contributed by atoms with Gasteiger partial charge in [0.25, 0.3) is 0 Å². The second-order valence-corrected chi connectivity index (χ2v) is 6.43. The van der Waals surface area contributed by atoms with Crippen LogP contribution in [0.4, 0.5) is 0 Å². The van der Waals surface area contributed by atoms with Crippen molar-refractivity contribution in [2.45, 2.75) is 11.2 Å². The molecule has 0 aliphatic rings. The molecule has 106 valence electrons. The Morgan fingerprint density at radius 1 is 0.950 bits per heavy atom. The van der Waals surface area contributed by atoms with E-state index in [2.05, 4.69) is 62.2 Å². The highest BCUT2D eigenvalue weighted by Crippen LogP contribution is 2.32. The van der Waals surface area contributed by atoms with Gasteiger partial charge in [-0.2, -0.15) is 0 Å². The van der Waals surface area contributed by atoms with Crippen molar-refractivity contribution in [3.05, 3.63) is 58.1 Å². The number of benzene rings is 2. The average Bonchev–Trinajstić information content (AvgIpc) is 2.47. The summed E-state index contributed by atoms with van der Waals surface area (Å²) in [5.74, 6) is 1.52. The van der Waals surface area contributed by atoms with Crippen LogP contribution < -0.4 is 9.47 Å². The van der Waals surface area contributed by atoms with Crippen molar-refractivity contribution in [3.8, 4) is 11.5 Å². The lowest BCUT2D eigenvalue weighted by Crippen LogP contribution is -1.97. The number of halogens is 2. The Kier molecular flexibility index (Phi) is 5.49. The largest absolute Gasteiger partial charge is 0.493 e.